The van der Waals surface area contributed by atoms with Crippen molar-refractivity contribution in [1.29, 1.82) is 0 Å². The van der Waals surface area contributed by atoms with Gasteiger partial charge in [0.1, 0.15) is 17.2 Å². The third-order valence-corrected chi connectivity index (χ3v) is 8.10. The first-order chi connectivity index (χ1) is 17.4. The summed E-state index contributed by atoms with van der Waals surface area (Å²) < 4.78 is 5.41. The summed E-state index contributed by atoms with van der Waals surface area (Å²) in [5.41, 5.74) is 11.8. The molecule has 194 valence electrons. The van der Waals surface area contributed by atoms with Gasteiger partial charge in [0.15, 0.2) is 0 Å². The molecule has 0 aromatic heterocycles. The van der Waals surface area contributed by atoms with E-state index in [0.29, 0.717) is 12.2 Å². The van der Waals surface area contributed by atoms with Gasteiger partial charge >= 0.3 is 5.97 Å². The summed E-state index contributed by atoms with van der Waals surface area (Å²) in [5.74, 6) is 0.357. The molecule has 0 bridgehead atoms. The number of para-hydroxylation sites is 1. The van der Waals surface area contributed by atoms with Crippen molar-refractivity contribution in [3.8, 4) is 5.75 Å². The molecule has 0 saturated heterocycles. The van der Waals surface area contributed by atoms with Crippen molar-refractivity contribution in [2.75, 3.05) is 5.32 Å². The minimum absolute atomic E-state index is 0. The molecule has 1 unspecified atom stereocenters. The van der Waals surface area contributed by atoms with Gasteiger partial charge in [-0.25, -0.2) is 4.79 Å². The summed E-state index contributed by atoms with van der Waals surface area (Å²) >= 11 is 0. The van der Waals surface area contributed by atoms with Gasteiger partial charge in [0, 0.05) is 5.69 Å². The van der Waals surface area contributed by atoms with Crippen LogP contribution in [0.5, 0.6) is 5.75 Å². The number of esters is 1. The Hall–Kier alpha value is -3.15. The van der Waals surface area contributed by atoms with Gasteiger partial charge in [-0.15, -0.1) is 12.4 Å². The molecule has 0 spiro atoms. The number of hydrogen-bond donors (Lipinski definition) is 2. The average molecular weight is 519 g/mol. The van der Waals surface area contributed by atoms with Crippen molar-refractivity contribution in [2.45, 2.75) is 63.8 Å². The molecule has 3 N–H and O–H groups in total. The highest BCUT2D eigenvalue weighted by molar-refractivity contribution is 6.09. The van der Waals surface area contributed by atoms with Gasteiger partial charge in [0.25, 0.3) is 0 Å². The van der Waals surface area contributed by atoms with Crippen LogP contribution in [-0.2, 0) is 21.4 Å². The van der Waals surface area contributed by atoms with Gasteiger partial charge in [0.2, 0.25) is 5.91 Å². The largest absolute Gasteiger partial charge is 0.425 e. The summed E-state index contributed by atoms with van der Waals surface area (Å²) in [7, 11) is 0. The Morgan fingerprint density at radius 3 is 2.35 bits per heavy atom. The zero-order valence-electron chi connectivity index (χ0n) is 21.5. The van der Waals surface area contributed by atoms with E-state index in [1.165, 1.54) is 12.0 Å². The monoisotopic (exact) mass is 518 g/mol. The van der Waals surface area contributed by atoms with E-state index in [-0.39, 0.29) is 24.2 Å². The van der Waals surface area contributed by atoms with Crippen LogP contribution in [-0.4, -0.2) is 17.9 Å². The predicted molar refractivity (Wildman–Crippen MR) is 149 cm³/mol. The maximum Gasteiger partial charge on any atom is 0.328 e. The molecule has 1 saturated carbocycles. The standard InChI is InChI=1S/C31H34N2O3.ClH/c1-20-13-18-26-28(21(20)2)33-30(35)31(26,23-9-5-3-6-10-23)24-16-14-22(15-17-24)19-27(32)29(34)36-25-11-7-4-8-12-25;/h4,7-8,11-18,23,27H,3,5-6,9-10,19,32H2,1-2H3,(H,33,35);1H/t27-,31?;/m0./s1. The molecular weight excluding hydrogens is 484 g/mol. The van der Waals surface area contributed by atoms with Crippen LogP contribution in [0.2, 0.25) is 0 Å². The normalized spacial score (nSPS) is 19.9. The fourth-order valence-electron chi connectivity index (χ4n) is 6.02. The van der Waals surface area contributed by atoms with Gasteiger partial charge in [-0.1, -0.05) is 73.9 Å². The third kappa shape index (κ3) is 4.90. The Labute approximate surface area is 225 Å². The van der Waals surface area contributed by atoms with Crippen LogP contribution in [0.15, 0.2) is 66.7 Å². The summed E-state index contributed by atoms with van der Waals surface area (Å²) in [6.07, 6.45) is 5.97. The molecule has 3 aromatic rings. The molecule has 2 atom stereocenters. The zero-order chi connectivity index (χ0) is 25.3. The first-order valence-corrected chi connectivity index (χ1v) is 12.9. The number of nitrogens with two attached hydrogens (primary N) is 1. The SMILES string of the molecule is Cc1ccc2c(c1C)NC(=O)C2(c1ccc(C[C@H](N)C(=O)Oc2ccccc2)cc1)C1CCCCC1.Cl. The minimum atomic E-state index is -0.774. The fraction of sp³-hybridized carbons (Fsp3) is 0.355. The van der Waals surface area contributed by atoms with Crippen LogP contribution in [0.4, 0.5) is 5.69 Å². The first kappa shape index (κ1) is 26.9. The predicted octanol–water partition coefficient (Wildman–Crippen LogP) is 6.02. The molecule has 1 fully saturated rings. The van der Waals surface area contributed by atoms with E-state index in [1.807, 2.05) is 30.3 Å². The molecule has 6 heteroatoms. The molecular formula is C31H35ClN2O3. The topological polar surface area (TPSA) is 81.4 Å². The maximum atomic E-state index is 13.8. The number of ether oxygens (including phenoxy) is 1. The number of anilines is 1. The Balaban J connectivity index is 0.00000320. The Morgan fingerprint density at radius 2 is 1.68 bits per heavy atom. The lowest BCUT2D eigenvalue weighted by Crippen LogP contribution is -2.44. The fourth-order valence-corrected chi connectivity index (χ4v) is 6.02. The van der Waals surface area contributed by atoms with Crippen LogP contribution < -0.4 is 15.8 Å². The van der Waals surface area contributed by atoms with E-state index in [4.69, 9.17) is 10.5 Å². The number of aryl methyl sites for hydroxylation is 1. The molecule has 5 nitrogen and oxygen atoms in total. The lowest BCUT2D eigenvalue weighted by Gasteiger charge is -2.39. The van der Waals surface area contributed by atoms with Gasteiger partial charge in [-0.05, 0) is 79.0 Å². The van der Waals surface area contributed by atoms with Crippen molar-refractivity contribution >= 4 is 30.0 Å². The van der Waals surface area contributed by atoms with E-state index in [1.54, 1.807) is 12.1 Å². The van der Waals surface area contributed by atoms with Crippen molar-refractivity contribution in [1.82, 2.24) is 0 Å². The molecule has 37 heavy (non-hydrogen) atoms. The van der Waals surface area contributed by atoms with E-state index in [0.717, 1.165) is 53.6 Å². The lowest BCUT2D eigenvalue weighted by atomic mass is 9.62. The van der Waals surface area contributed by atoms with Crippen molar-refractivity contribution in [2.24, 2.45) is 11.7 Å². The van der Waals surface area contributed by atoms with Crippen LogP contribution in [0.25, 0.3) is 0 Å². The highest BCUT2D eigenvalue weighted by atomic mass is 35.5. The summed E-state index contributed by atoms with van der Waals surface area (Å²) in [4.78, 5) is 26.3. The Morgan fingerprint density at radius 1 is 1.00 bits per heavy atom. The van der Waals surface area contributed by atoms with Gasteiger partial charge in [-0.3, -0.25) is 4.79 Å². The van der Waals surface area contributed by atoms with Gasteiger partial charge in [0.05, 0.1) is 0 Å². The van der Waals surface area contributed by atoms with Crippen molar-refractivity contribution in [3.05, 3.63) is 94.5 Å². The highest BCUT2D eigenvalue weighted by Gasteiger charge is 2.53. The molecule has 1 aliphatic carbocycles. The molecule has 2 aliphatic rings. The van der Waals surface area contributed by atoms with E-state index in [9.17, 15) is 9.59 Å². The molecule has 1 aliphatic heterocycles. The Bertz CT molecular complexity index is 1270. The van der Waals surface area contributed by atoms with Gasteiger partial charge < -0.3 is 15.8 Å². The highest BCUT2D eigenvalue weighted by Crippen LogP contribution is 2.53. The molecule has 1 amide bonds. The number of rotatable bonds is 6. The summed E-state index contributed by atoms with van der Waals surface area (Å²) in [6, 6.07) is 20.6. The lowest BCUT2D eigenvalue weighted by molar-refractivity contribution is -0.135. The molecule has 3 aromatic carbocycles. The summed E-state index contributed by atoms with van der Waals surface area (Å²) in [5, 5.41) is 3.26. The number of fused-ring (bicyclic) bond motifs is 1. The van der Waals surface area contributed by atoms with Crippen LogP contribution >= 0.6 is 12.4 Å². The number of amides is 1. The number of carbonyl (C=O) groups is 2. The Kier molecular flexibility index (Phi) is 8.05. The van der Waals surface area contributed by atoms with Crippen LogP contribution in [0.3, 0.4) is 0 Å². The number of halogens is 1. The number of carbonyl (C=O) groups excluding carboxylic acids is 2. The molecule has 0 radical (unpaired) electrons. The second-order valence-corrected chi connectivity index (χ2v) is 10.3. The van der Waals surface area contributed by atoms with E-state index >= 15 is 0 Å². The average Bonchev–Trinajstić information content (AvgIpc) is 3.21. The number of benzene rings is 3. The second-order valence-electron chi connectivity index (χ2n) is 10.3. The van der Waals surface area contributed by atoms with Gasteiger partial charge in [-0.2, -0.15) is 0 Å². The van der Waals surface area contributed by atoms with Crippen molar-refractivity contribution in [3.63, 3.8) is 0 Å². The van der Waals surface area contributed by atoms with E-state index < -0.39 is 17.4 Å². The van der Waals surface area contributed by atoms with Crippen LogP contribution in [0.1, 0.15) is 59.9 Å². The number of nitrogens with one attached hydrogen (secondary N) is 1. The summed E-state index contributed by atoms with van der Waals surface area (Å²) in [6.45, 7) is 4.17. The smallest absolute Gasteiger partial charge is 0.328 e. The zero-order valence-corrected chi connectivity index (χ0v) is 22.3. The molecule has 1 heterocycles. The quantitative estimate of drug-likeness (QED) is 0.309. The first-order valence-electron chi connectivity index (χ1n) is 12.9. The van der Waals surface area contributed by atoms with E-state index in [2.05, 4.69) is 43.4 Å². The van der Waals surface area contributed by atoms with Crippen LogP contribution in [0, 0.1) is 19.8 Å². The third-order valence-electron chi connectivity index (χ3n) is 8.10. The second kappa shape index (κ2) is 11.1. The minimum Gasteiger partial charge on any atom is -0.425 e. The number of hydrogen-bond acceptors (Lipinski definition) is 4. The van der Waals surface area contributed by atoms with Crippen molar-refractivity contribution < 1.29 is 14.3 Å². The molecule has 5 rings (SSSR count). The maximum absolute atomic E-state index is 13.8.